The second-order valence-electron chi connectivity index (χ2n) is 4.50. The quantitative estimate of drug-likeness (QED) is 0.866. The second kappa shape index (κ2) is 6.46. The van der Waals surface area contributed by atoms with E-state index in [4.69, 9.17) is 34.8 Å². The number of nitrogens with one attached hydrogen (secondary N) is 1. The Morgan fingerprint density at radius 1 is 1.00 bits per heavy atom. The maximum absolute atomic E-state index is 12.2. The zero-order valence-electron chi connectivity index (χ0n) is 11.2. The van der Waals surface area contributed by atoms with Gasteiger partial charge < -0.3 is 5.32 Å². The smallest absolute Gasteiger partial charge is 0.255 e. The number of carbonyl (C=O) groups excluding carboxylic acids is 1. The van der Waals surface area contributed by atoms with Crippen LogP contribution in [0.2, 0.25) is 15.1 Å². The van der Waals surface area contributed by atoms with Crippen LogP contribution in [-0.4, -0.2) is 20.6 Å². The summed E-state index contributed by atoms with van der Waals surface area (Å²) in [4.78, 5) is 12.1. The van der Waals surface area contributed by atoms with Crippen LogP contribution in [-0.2, 0) is 9.84 Å². The number of benzene rings is 2. The summed E-state index contributed by atoms with van der Waals surface area (Å²) in [7, 11) is -3.54. The summed E-state index contributed by atoms with van der Waals surface area (Å²) in [5.74, 6) is -0.522. The average Bonchev–Trinajstić information content (AvgIpc) is 2.42. The van der Waals surface area contributed by atoms with Gasteiger partial charge in [0.1, 0.15) is 0 Å². The fourth-order valence-electron chi connectivity index (χ4n) is 1.72. The number of hydrogen-bond acceptors (Lipinski definition) is 3. The van der Waals surface area contributed by atoms with Crippen LogP contribution in [0.15, 0.2) is 41.3 Å². The summed E-state index contributed by atoms with van der Waals surface area (Å²) in [6.45, 7) is 0. The summed E-state index contributed by atoms with van der Waals surface area (Å²) in [6.07, 6.45) is 1.02. The first-order valence-electron chi connectivity index (χ1n) is 5.94. The van der Waals surface area contributed by atoms with Crippen LogP contribution in [0.4, 0.5) is 5.69 Å². The lowest BCUT2D eigenvalue weighted by Crippen LogP contribution is -2.13. The molecule has 0 atom stereocenters. The molecule has 1 N–H and O–H groups in total. The van der Waals surface area contributed by atoms with E-state index in [1.54, 1.807) is 12.1 Å². The van der Waals surface area contributed by atoms with Gasteiger partial charge in [0.15, 0.2) is 9.84 Å². The van der Waals surface area contributed by atoms with Gasteiger partial charge in [-0.15, -0.1) is 0 Å². The predicted molar refractivity (Wildman–Crippen MR) is 89.0 cm³/mol. The van der Waals surface area contributed by atoms with Crippen LogP contribution in [0.5, 0.6) is 0 Å². The third kappa shape index (κ3) is 3.93. The molecule has 0 spiro atoms. The highest BCUT2D eigenvalue weighted by Crippen LogP contribution is 2.27. The molecule has 8 heteroatoms. The van der Waals surface area contributed by atoms with Crippen molar-refractivity contribution in [2.75, 3.05) is 11.6 Å². The Bertz CT molecular complexity index is 850. The highest BCUT2D eigenvalue weighted by molar-refractivity contribution is 7.90. The number of halogens is 3. The van der Waals surface area contributed by atoms with E-state index in [0.29, 0.717) is 15.7 Å². The van der Waals surface area contributed by atoms with Gasteiger partial charge in [-0.25, -0.2) is 8.42 Å². The normalized spacial score (nSPS) is 11.3. The molecule has 2 aromatic rings. The molecule has 0 aliphatic carbocycles. The topological polar surface area (TPSA) is 63.2 Å². The van der Waals surface area contributed by atoms with Crippen molar-refractivity contribution in [3.8, 4) is 0 Å². The lowest BCUT2D eigenvalue weighted by Gasteiger charge is -2.09. The van der Waals surface area contributed by atoms with Crippen molar-refractivity contribution in [1.29, 1.82) is 0 Å². The lowest BCUT2D eigenvalue weighted by atomic mass is 10.2. The van der Waals surface area contributed by atoms with E-state index in [9.17, 15) is 13.2 Å². The van der Waals surface area contributed by atoms with E-state index >= 15 is 0 Å². The Labute approximate surface area is 142 Å². The molecule has 0 aromatic heterocycles. The van der Waals surface area contributed by atoms with Gasteiger partial charge in [0, 0.05) is 16.8 Å². The monoisotopic (exact) mass is 377 g/mol. The maximum atomic E-state index is 12.2. The molecule has 0 saturated carbocycles. The standard InChI is InChI=1S/C14H10Cl3NO3S/c1-22(20,21)13-6-8(2-4-11(13)17)14(19)18-12-7-9(15)3-5-10(12)16/h2-7H,1H3,(H,18,19). The molecule has 22 heavy (non-hydrogen) atoms. The van der Waals surface area contributed by atoms with E-state index in [0.717, 1.165) is 6.26 Å². The minimum atomic E-state index is -3.54. The highest BCUT2D eigenvalue weighted by atomic mass is 35.5. The van der Waals surface area contributed by atoms with Crippen molar-refractivity contribution in [3.63, 3.8) is 0 Å². The Kier molecular flexibility index (Phi) is 5.02. The molecule has 0 fully saturated rings. The predicted octanol–water partition coefficient (Wildman–Crippen LogP) is 4.30. The summed E-state index contributed by atoms with van der Waals surface area (Å²) in [6, 6.07) is 8.62. The van der Waals surface area contributed by atoms with Gasteiger partial charge in [0.05, 0.1) is 20.6 Å². The van der Waals surface area contributed by atoms with E-state index in [1.807, 2.05) is 0 Å². The van der Waals surface area contributed by atoms with Crippen LogP contribution in [0.25, 0.3) is 0 Å². The van der Waals surface area contributed by atoms with Crippen molar-refractivity contribution in [3.05, 3.63) is 57.0 Å². The third-order valence-corrected chi connectivity index (χ3v) is 4.91. The fraction of sp³-hybridized carbons (Fsp3) is 0.0714. The summed E-state index contributed by atoms with van der Waals surface area (Å²) in [5.41, 5.74) is 0.468. The third-order valence-electron chi connectivity index (χ3n) is 2.77. The van der Waals surface area contributed by atoms with Gasteiger partial charge in [-0.1, -0.05) is 34.8 Å². The molecular formula is C14H10Cl3NO3S. The highest BCUT2D eigenvalue weighted by Gasteiger charge is 2.16. The van der Waals surface area contributed by atoms with Gasteiger partial charge >= 0.3 is 0 Å². The Balaban J connectivity index is 2.36. The minimum absolute atomic E-state index is 0.0554. The van der Waals surface area contributed by atoms with Crippen molar-refractivity contribution in [2.24, 2.45) is 0 Å². The first kappa shape index (κ1) is 17.1. The molecule has 0 saturated heterocycles. The molecule has 116 valence electrons. The van der Waals surface area contributed by atoms with Crippen molar-refractivity contribution < 1.29 is 13.2 Å². The summed E-state index contributed by atoms with van der Waals surface area (Å²) < 4.78 is 23.3. The molecule has 2 rings (SSSR count). The number of carbonyl (C=O) groups is 1. The molecule has 2 aromatic carbocycles. The second-order valence-corrected chi connectivity index (χ2v) is 7.73. The number of amides is 1. The molecule has 0 unspecified atom stereocenters. The first-order chi connectivity index (χ1) is 10.2. The van der Waals surface area contributed by atoms with Crippen LogP contribution in [0.1, 0.15) is 10.4 Å². The number of hydrogen-bond donors (Lipinski definition) is 1. The number of rotatable bonds is 3. The number of anilines is 1. The summed E-state index contributed by atoms with van der Waals surface area (Å²) in [5, 5.41) is 3.35. The minimum Gasteiger partial charge on any atom is -0.321 e. The first-order valence-corrected chi connectivity index (χ1v) is 8.97. The summed E-state index contributed by atoms with van der Waals surface area (Å²) >= 11 is 17.7. The molecule has 0 heterocycles. The largest absolute Gasteiger partial charge is 0.321 e. The molecular weight excluding hydrogens is 369 g/mol. The lowest BCUT2D eigenvalue weighted by molar-refractivity contribution is 0.102. The molecule has 4 nitrogen and oxygen atoms in total. The van der Waals surface area contributed by atoms with Crippen molar-refractivity contribution in [2.45, 2.75) is 4.90 Å². The average molecular weight is 379 g/mol. The van der Waals surface area contributed by atoms with Crippen LogP contribution in [0.3, 0.4) is 0 Å². The van der Waals surface area contributed by atoms with E-state index in [1.165, 1.54) is 24.3 Å². The van der Waals surface area contributed by atoms with Crippen LogP contribution < -0.4 is 5.32 Å². The van der Waals surface area contributed by atoms with Gasteiger partial charge in [0.2, 0.25) is 0 Å². The zero-order valence-corrected chi connectivity index (χ0v) is 14.3. The van der Waals surface area contributed by atoms with Gasteiger partial charge in [0.25, 0.3) is 5.91 Å². The zero-order chi connectivity index (χ0) is 16.5. The Morgan fingerprint density at radius 3 is 2.27 bits per heavy atom. The van der Waals surface area contributed by atoms with Gasteiger partial charge in [-0.2, -0.15) is 0 Å². The van der Waals surface area contributed by atoms with Gasteiger partial charge in [-0.3, -0.25) is 4.79 Å². The Hall–Kier alpha value is -1.27. The van der Waals surface area contributed by atoms with Crippen LogP contribution in [0, 0.1) is 0 Å². The van der Waals surface area contributed by atoms with Crippen molar-refractivity contribution >= 4 is 56.2 Å². The SMILES string of the molecule is CS(=O)(=O)c1cc(C(=O)Nc2cc(Cl)ccc2Cl)ccc1Cl. The molecule has 0 bridgehead atoms. The molecule has 1 amide bonds. The number of sulfone groups is 1. The van der Waals surface area contributed by atoms with Gasteiger partial charge in [-0.05, 0) is 36.4 Å². The van der Waals surface area contributed by atoms with E-state index in [2.05, 4.69) is 5.32 Å². The molecule has 0 aliphatic heterocycles. The van der Waals surface area contributed by atoms with Crippen molar-refractivity contribution in [1.82, 2.24) is 0 Å². The molecule has 0 radical (unpaired) electrons. The van der Waals surface area contributed by atoms with Crippen LogP contribution >= 0.6 is 34.8 Å². The van der Waals surface area contributed by atoms with E-state index < -0.39 is 15.7 Å². The van der Waals surface area contributed by atoms with E-state index in [-0.39, 0.29) is 15.5 Å². The molecule has 0 aliphatic rings. The maximum Gasteiger partial charge on any atom is 0.255 e. The fourth-order valence-corrected chi connectivity index (χ4v) is 3.35. The Morgan fingerprint density at radius 2 is 1.64 bits per heavy atom.